The van der Waals surface area contributed by atoms with Crippen molar-refractivity contribution in [3.05, 3.63) is 64.3 Å². The average Bonchev–Trinajstić information content (AvgIpc) is 3.33. The Morgan fingerprint density at radius 1 is 1.10 bits per heavy atom. The number of halogens is 1. The normalized spacial score (nSPS) is 18.2. The van der Waals surface area contributed by atoms with Crippen molar-refractivity contribution in [1.29, 1.82) is 0 Å². The molecule has 3 aromatic rings. The van der Waals surface area contributed by atoms with E-state index in [1.807, 2.05) is 43.3 Å². The molecular weight excluding hydrogens is 426 g/mol. The van der Waals surface area contributed by atoms with Gasteiger partial charge in [0.2, 0.25) is 16.8 Å². The van der Waals surface area contributed by atoms with E-state index in [4.69, 9.17) is 21.1 Å². The lowest BCUT2D eigenvalue weighted by atomic mass is 9.98. The monoisotopic (exact) mass is 443 g/mol. The third-order valence-electron chi connectivity index (χ3n) is 5.25. The molecule has 5 rings (SSSR count). The first-order valence-electron chi connectivity index (χ1n) is 9.33. The van der Waals surface area contributed by atoms with Crippen LogP contribution in [-0.4, -0.2) is 36.6 Å². The predicted molar refractivity (Wildman–Crippen MR) is 115 cm³/mol. The minimum absolute atomic E-state index is 0.157. The van der Waals surface area contributed by atoms with Crippen LogP contribution in [0.3, 0.4) is 0 Å². The minimum Gasteiger partial charge on any atom is -0.454 e. The number of ether oxygens (including phenoxy) is 2. The molecule has 2 aliphatic rings. The Bertz CT molecular complexity index is 1310. The van der Waals surface area contributed by atoms with E-state index in [2.05, 4.69) is 10.1 Å². The number of hydrogen-bond donors (Lipinski definition) is 0. The van der Waals surface area contributed by atoms with Crippen LogP contribution in [0.25, 0.3) is 10.9 Å². The number of sulfonamides is 1. The van der Waals surface area contributed by atoms with Crippen LogP contribution in [0.1, 0.15) is 29.2 Å². The fourth-order valence-electron chi connectivity index (χ4n) is 3.74. The summed E-state index contributed by atoms with van der Waals surface area (Å²) in [7, 11) is -3.61. The van der Waals surface area contributed by atoms with E-state index in [1.54, 1.807) is 6.07 Å². The van der Waals surface area contributed by atoms with Gasteiger partial charge < -0.3 is 9.47 Å². The zero-order valence-corrected chi connectivity index (χ0v) is 17.9. The third-order valence-corrected chi connectivity index (χ3v) is 6.56. The van der Waals surface area contributed by atoms with E-state index in [1.165, 1.54) is 0 Å². The Morgan fingerprint density at radius 3 is 2.50 bits per heavy atom. The molecule has 1 aromatic heterocycles. The summed E-state index contributed by atoms with van der Waals surface area (Å²) in [4.78, 5) is 4.48. The summed E-state index contributed by atoms with van der Waals surface area (Å²) < 4.78 is 37.0. The van der Waals surface area contributed by atoms with Gasteiger partial charge in [0.1, 0.15) is 5.15 Å². The Labute approximate surface area is 178 Å². The fourth-order valence-corrected chi connectivity index (χ4v) is 4.91. The van der Waals surface area contributed by atoms with Crippen LogP contribution in [0.4, 0.5) is 0 Å². The lowest BCUT2D eigenvalue weighted by molar-refractivity contribution is 0.174. The maximum Gasteiger partial charge on any atom is 0.247 e. The van der Waals surface area contributed by atoms with Gasteiger partial charge in [-0.2, -0.15) is 9.52 Å². The number of fused-ring (bicyclic) bond motifs is 2. The molecule has 2 aromatic carbocycles. The predicted octanol–water partition coefficient (Wildman–Crippen LogP) is 4.04. The van der Waals surface area contributed by atoms with Crippen molar-refractivity contribution in [2.24, 2.45) is 5.10 Å². The van der Waals surface area contributed by atoms with Gasteiger partial charge in [-0.1, -0.05) is 41.4 Å². The van der Waals surface area contributed by atoms with Crippen molar-refractivity contribution in [3.63, 3.8) is 0 Å². The third kappa shape index (κ3) is 3.26. The van der Waals surface area contributed by atoms with Gasteiger partial charge in [0, 0.05) is 23.4 Å². The number of nitrogens with zero attached hydrogens (tertiary/aromatic N) is 3. The molecule has 2 aliphatic heterocycles. The van der Waals surface area contributed by atoms with E-state index in [9.17, 15) is 8.42 Å². The van der Waals surface area contributed by atoms with Gasteiger partial charge in [0.25, 0.3) is 0 Å². The van der Waals surface area contributed by atoms with Crippen molar-refractivity contribution in [1.82, 2.24) is 9.40 Å². The van der Waals surface area contributed by atoms with Crippen LogP contribution >= 0.6 is 11.6 Å². The van der Waals surface area contributed by atoms with Crippen LogP contribution in [-0.2, 0) is 10.0 Å². The summed E-state index contributed by atoms with van der Waals surface area (Å²) in [6, 6.07) is 12.7. The standard InChI is InChI=1S/C21H18ClN3O4S/c1-12-3-5-13(6-4-12)17-9-18(25(24-17)30(2,26)27)15-7-14-8-19-20(29-11-28-19)10-16(14)23-21(15)22/h3-8,10,18H,9,11H2,1-2H3/t18-/m0/s1. The lowest BCUT2D eigenvalue weighted by Crippen LogP contribution is -2.26. The first kappa shape index (κ1) is 19.1. The highest BCUT2D eigenvalue weighted by Crippen LogP contribution is 2.41. The summed E-state index contributed by atoms with van der Waals surface area (Å²) in [5.41, 5.74) is 3.93. The highest BCUT2D eigenvalue weighted by atomic mass is 35.5. The summed E-state index contributed by atoms with van der Waals surface area (Å²) >= 11 is 6.51. The molecule has 0 fully saturated rings. The van der Waals surface area contributed by atoms with Crippen LogP contribution < -0.4 is 9.47 Å². The molecule has 0 amide bonds. The van der Waals surface area contributed by atoms with Crippen molar-refractivity contribution in [3.8, 4) is 11.5 Å². The maximum atomic E-state index is 12.5. The number of rotatable bonds is 3. The van der Waals surface area contributed by atoms with E-state index in [0.717, 1.165) is 27.2 Å². The largest absolute Gasteiger partial charge is 0.454 e. The smallest absolute Gasteiger partial charge is 0.247 e. The van der Waals surface area contributed by atoms with Gasteiger partial charge >= 0.3 is 0 Å². The average molecular weight is 444 g/mol. The molecule has 9 heteroatoms. The molecule has 0 spiro atoms. The van der Waals surface area contributed by atoms with Gasteiger partial charge in [-0.15, -0.1) is 0 Å². The molecular formula is C21H18ClN3O4S. The molecule has 30 heavy (non-hydrogen) atoms. The first-order chi connectivity index (χ1) is 14.3. The van der Waals surface area contributed by atoms with Crippen molar-refractivity contribution < 1.29 is 17.9 Å². The van der Waals surface area contributed by atoms with Crippen LogP contribution in [0.15, 0.2) is 47.6 Å². The van der Waals surface area contributed by atoms with Crippen LogP contribution in [0, 0.1) is 6.92 Å². The molecule has 0 radical (unpaired) electrons. The quantitative estimate of drug-likeness (QED) is 0.571. The van der Waals surface area contributed by atoms with Gasteiger partial charge in [-0.25, -0.2) is 13.4 Å². The summed E-state index contributed by atoms with van der Waals surface area (Å²) in [6.07, 6.45) is 1.54. The number of hydrogen-bond acceptors (Lipinski definition) is 6. The van der Waals surface area contributed by atoms with Crippen LogP contribution in [0.2, 0.25) is 5.15 Å². The zero-order valence-electron chi connectivity index (χ0n) is 16.3. The molecule has 0 saturated heterocycles. The molecule has 0 N–H and O–H groups in total. The Kier molecular flexibility index (Phi) is 4.37. The molecule has 0 bridgehead atoms. The van der Waals surface area contributed by atoms with Gasteiger partial charge in [-0.05, 0) is 24.6 Å². The number of benzene rings is 2. The summed E-state index contributed by atoms with van der Waals surface area (Å²) in [5, 5.41) is 5.45. The van der Waals surface area contributed by atoms with E-state index < -0.39 is 16.1 Å². The summed E-state index contributed by atoms with van der Waals surface area (Å²) in [6.45, 7) is 2.16. The Balaban J connectivity index is 1.59. The Hall–Kier alpha value is -2.84. The topological polar surface area (TPSA) is 81.1 Å². The van der Waals surface area contributed by atoms with Gasteiger partial charge in [0.15, 0.2) is 11.5 Å². The lowest BCUT2D eigenvalue weighted by Gasteiger charge is -2.22. The van der Waals surface area contributed by atoms with Gasteiger partial charge in [0.05, 0.1) is 23.5 Å². The zero-order chi connectivity index (χ0) is 21.0. The van der Waals surface area contributed by atoms with Crippen molar-refractivity contribution in [2.75, 3.05) is 13.0 Å². The van der Waals surface area contributed by atoms with Crippen LogP contribution in [0.5, 0.6) is 11.5 Å². The highest BCUT2D eigenvalue weighted by Gasteiger charge is 2.36. The molecule has 1 atom stereocenters. The minimum atomic E-state index is -3.61. The molecule has 0 unspecified atom stereocenters. The Morgan fingerprint density at radius 2 is 1.80 bits per heavy atom. The number of aryl methyl sites for hydroxylation is 1. The summed E-state index contributed by atoms with van der Waals surface area (Å²) in [5.74, 6) is 1.24. The maximum absolute atomic E-state index is 12.5. The molecule has 0 aliphatic carbocycles. The van der Waals surface area contributed by atoms with E-state index in [0.29, 0.717) is 34.7 Å². The highest BCUT2D eigenvalue weighted by molar-refractivity contribution is 7.88. The fraction of sp³-hybridized carbons (Fsp3) is 0.238. The molecule has 3 heterocycles. The van der Waals surface area contributed by atoms with Gasteiger partial charge in [-0.3, -0.25) is 0 Å². The number of aromatic nitrogens is 1. The first-order valence-corrected chi connectivity index (χ1v) is 11.6. The molecule has 0 saturated carbocycles. The second-order valence-electron chi connectivity index (χ2n) is 7.43. The van der Waals surface area contributed by atoms with Crippen molar-refractivity contribution in [2.45, 2.75) is 19.4 Å². The van der Waals surface area contributed by atoms with Crippen molar-refractivity contribution >= 4 is 38.2 Å². The SMILES string of the molecule is Cc1ccc(C2=NN(S(C)(=O)=O)[C@H](c3cc4cc5c(cc4nc3Cl)OCO5)C2)cc1. The van der Waals surface area contributed by atoms with E-state index >= 15 is 0 Å². The number of pyridine rings is 1. The second-order valence-corrected chi connectivity index (χ2v) is 9.63. The van der Waals surface area contributed by atoms with E-state index in [-0.39, 0.29) is 11.9 Å². The second kappa shape index (κ2) is 6.85. The molecule has 154 valence electrons. The molecule has 7 nitrogen and oxygen atoms in total. The number of hydrazone groups is 1.